The van der Waals surface area contributed by atoms with Crippen LogP contribution in [0, 0.1) is 5.92 Å². The van der Waals surface area contributed by atoms with Gasteiger partial charge in [-0.25, -0.2) is 9.97 Å². The van der Waals surface area contributed by atoms with E-state index in [1.807, 2.05) is 24.3 Å². The summed E-state index contributed by atoms with van der Waals surface area (Å²) in [7, 11) is 0. The third-order valence-electron chi connectivity index (χ3n) is 12.3. The van der Waals surface area contributed by atoms with Crippen LogP contribution >= 0.6 is 0 Å². The van der Waals surface area contributed by atoms with E-state index >= 15 is 0 Å². The lowest BCUT2D eigenvalue weighted by atomic mass is 9.84. The molecule has 0 aliphatic heterocycles. The SMILES string of the molecule is C1=CC2=CC=CC(n3c4ccccc4c4ccc(-c5ccc6c7ccccc7n(-c7cccc(-c8cc(-c9ccccc9)nc(-c9ccccc9)n8)c7)c6c5)cc43)C2C=C1. The van der Waals surface area contributed by atoms with Gasteiger partial charge in [-0.3, -0.25) is 0 Å². The van der Waals surface area contributed by atoms with Crippen LogP contribution in [0.3, 0.4) is 0 Å². The quantitative estimate of drug-likeness (QED) is 0.169. The highest BCUT2D eigenvalue weighted by Crippen LogP contribution is 2.42. The summed E-state index contributed by atoms with van der Waals surface area (Å²) in [6, 6.07) is 63.2. The minimum absolute atomic E-state index is 0.170. The maximum Gasteiger partial charge on any atom is 0.160 e. The van der Waals surface area contributed by atoms with Crippen LogP contribution in [0.15, 0.2) is 224 Å². The number of fused-ring (bicyclic) bond motifs is 7. The van der Waals surface area contributed by atoms with Crippen molar-refractivity contribution in [2.45, 2.75) is 6.04 Å². The first-order valence-electron chi connectivity index (χ1n) is 20.7. The van der Waals surface area contributed by atoms with Crippen LogP contribution in [0.4, 0.5) is 0 Å². The summed E-state index contributed by atoms with van der Waals surface area (Å²) in [5.41, 5.74) is 14.5. The van der Waals surface area contributed by atoms with Crippen molar-refractivity contribution in [1.82, 2.24) is 19.1 Å². The van der Waals surface area contributed by atoms with Gasteiger partial charge in [-0.2, -0.15) is 0 Å². The van der Waals surface area contributed by atoms with Crippen molar-refractivity contribution < 1.29 is 0 Å². The van der Waals surface area contributed by atoms with Gasteiger partial charge >= 0.3 is 0 Å². The molecule has 0 N–H and O–H groups in total. The fourth-order valence-corrected chi connectivity index (χ4v) is 9.50. The molecule has 7 aromatic carbocycles. The van der Waals surface area contributed by atoms with Gasteiger partial charge in [-0.05, 0) is 59.2 Å². The summed E-state index contributed by atoms with van der Waals surface area (Å²) in [4.78, 5) is 10.2. The van der Waals surface area contributed by atoms with Gasteiger partial charge in [-0.15, -0.1) is 0 Å². The van der Waals surface area contributed by atoms with Crippen LogP contribution in [-0.2, 0) is 0 Å². The zero-order chi connectivity index (χ0) is 39.6. The van der Waals surface area contributed by atoms with Gasteiger partial charge in [0.1, 0.15) is 0 Å². The molecular weight excluding hydrogens is 729 g/mol. The number of rotatable bonds is 6. The molecule has 3 heterocycles. The second-order valence-electron chi connectivity index (χ2n) is 15.8. The molecule has 10 aromatic rings. The molecule has 4 heteroatoms. The van der Waals surface area contributed by atoms with Gasteiger partial charge in [0, 0.05) is 55.4 Å². The largest absolute Gasteiger partial charge is 0.332 e. The zero-order valence-corrected chi connectivity index (χ0v) is 32.7. The molecule has 0 saturated heterocycles. The Morgan fingerprint density at radius 3 is 1.80 bits per heavy atom. The summed E-state index contributed by atoms with van der Waals surface area (Å²) in [5, 5.41) is 5.00. The second-order valence-corrected chi connectivity index (χ2v) is 15.8. The lowest BCUT2D eigenvalue weighted by Gasteiger charge is -2.30. The van der Waals surface area contributed by atoms with E-state index in [-0.39, 0.29) is 12.0 Å². The molecule has 60 heavy (non-hydrogen) atoms. The van der Waals surface area contributed by atoms with E-state index in [1.54, 1.807) is 0 Å². The van der Waals surface area contributed by atoms with Gasteiger partial charge in [0.05, 0.1) is 34.0 Å². The summed E-state index contributed by atoms with van der Waals surface area (Å²) in [6.07, 6.45) is 15.8. The first kappa shape index (κ1) is 34.2. The molecule has 2 aliphatic rings. The molecule has 2 unspecified atom stereocenters. The Bertz CT molecular complexity index is 3380. The summed E-state index contributed by atoms with van der Waals surface area (Å²) < 4.78 is 4.97. The molecule has 2 aliphatic carbocycles. The molecule has 0 fully saturated rings. The Balaban J connectivity index is 1.02. The number of allylic oxidation sites excluding steroid dienone is 8. The zero-order valence-electron chi connectivity index (χ0n) is 32.7. The second kappa shape index (κ2) is 13.9. The number of nitrogens with zero attached hydrogens (tertiary/aromatic N) is 4. The molecule has 3 aromatic heterocycles. The third kappa shape index (κ3) is 5.60. The Morgan fingerprint density at radius 2 is 1.02 bits per heavy atom. The predicted octanol–water partition coefficient (Wildman–Crippen LogP) is 14.1. The maximum absolute atomic E-state index is 5.17. The van der Waals surface area contributed by atoms with Gasteiger partial charge in [0.2, 0.25) is 0 Å². The monoisotopic (exact) mass is 766 g/mol. The van der Waals surface area contributed by atoms with Crippen molar-refractivity contribution in [2.24, 2.45) is 5.92 Å². The molecule has 12 rings (SSSR count). The van der Waals surface area contributed by atoms with E-state index in [2.05, 4.69) is 203 Å². The molecule has 0 radical (unpaired) electrons. The van der Waals surface area contributed by atoms with E-state index in [1.165, 1.54) is 49.3 Å². The average Bonchev–Trinajstić information content (AvgIpc) is 3.84. The third-order valence-corrected chi connectivity index (χ3v) is 12.3. The van der Waals surface area contributed by atoms with E-state index in [0.717, 1.165) is 44.8 Å². The minimum atomic E-state index is 0.170. The molecule has 2 atom stereocenters. The average molecular weight is 767 g/mol. The van der Waals surface area contributed by atoms with Gasteiger partial charge in [0.25, 0.3) is 0 Å². The Labute approximate surface area is 348 Å². The van der Waals surface area contributed by atoms with Crippen molar-refractivity contribution >= 4 is 43.6 Å². The number of benzene rings is 7. The van der Waals surface area contributed by atoms with Crippen LogP contribution in [0.5, 0.6) is 0 Å². The summed E-state index contributed by atoms with van der Waals surface area (Å²) in [6.45, 7) is 0. The van der Waals surface area contributed by atoms with Crippen LogP contribution < -0.4 is 0 Å². The lowest BCUT2D eigenvalue weighted by molar-refractivity contribution is 0.534. The van der Waals surface area contributed by atoms with Crippen LogP contribution in [0.25, 0.3) is 94.3 Å². The van der Waals surface area contributed by atoms with Gasteiger partial charge in [0.15, 0.2) is 5.82 Å². The molecule has 0 spiro atoms. The number of aromatic nitrogens is 4. The van der Waals surface area contributed by atoms with Gasteiger partial charge in [-0.1, -0.05) is 176 Å². The fourth-order valence-electron chi connectivity index (χ4n) is 9.50. The molecular formula is C56H38N4. The van der Waals surface area contributed by atoms with Crippen molar-refractivity contribution in [2.75, 3.05) is 0 Å². The van der Waals surface area contributed by atoms with Crippen molar-refractivity contribution in [3.8, 4) is 50.7 Å². The first-order valence-corrected chi connectivity index (χ1v) is 20.7. The highest BCUT2D eigenvalue weighted by Gasteiger charge is 2.27. The fraction of sp³-hybridized carbons (Fsp3) is 0.0357. The highest BCUT2D eigenvalue weighted by molar-refractivity contribution is 6.12. The van der Waals surface area contributed by atoms with Crippen LogP contribution in [-0.4, -0.2) is 19.1 Å². The van der Waals surface area contributed by atoms with E-state index in [0.29, 0.717) is 5.82 Å². The van der Waals surface area contributed by atoms with E-state index < -0.39 is 0 Å². The Morgan fingerprint density at radius 1 is 0.400 bits per heavy atom. The van der Waals surface area contributed by atoms with Gasteiger partial charge < -0.3 is 9.13 Å². The maximum atomic E-state index is 5.17. The topological polar surface area (TPSA) is 35.6 Å². The number of hydrogen-bond acceptors (Lipinski definition) is 2. The molecule has 0 bridgehead atoms. The van der Waals surface area contributed by atoms with Crippen LogP contribution in [0.1, 0.15) is 6.04 Å². The minimum Gasteiger partial charge on any atom is -0.332 e. The standard InChI is InChI=1S/C56H38N4/c1-3-16-38(17-4-1)49-36-50(58-56(57-49)39-18-5-2-6-19-39)42-21-13-22-43(33-42)59-52-26-11-9-24-45(52)47-31-29-40(34-54(47)59)41-30-32-48-46-25-10-12-27-53(46)60(55(48)35-41)51-28-14-20-37-15-7-8-23-44(37)51/h1-36,44,51H. The summed E-state index contributed by atoms with van der Waals surface area (Å²) in [5.74, 6) is 0.987. The Hall–Kier alpha value is -7.82. The van der Waals surface area contributed by atoms with Crippen molar-refractivity contribution in [1.29, 1.82) is 0 Å². The lowest BCUT2D eigenvalue weighted by Crippen LogP contribution is -2.20. The molecule has 0 amide bonds. The van der Waals surface area contributed by atoms with Crippen molar-refractivity contribution in [3.05, 3.63) is 224 Å². The molecule has 282 valence electrons. The number of hydrogen-bond donors (Lipinski definition) is 0. The first-order chi connectivity index (χ1) is 29.7. The molecule has 4 nitrogen and oxygen atoms in total. The molecule has 0 saturated carbocycles. The highest BCUT2D eigenvalue weighted by atomic mass is 15.0. The predicted molar refractivity (Wildman–Crippen MR) is 249 cm³/mol. The van der Waals surface area contributed by atoms with Crippen LogP contribution in [0.2, 0.25) is 0 Å². The van der Waals surface area contributed by atoms with E-state index in [4.69, 9.17) is 9.97 Å². The smallest absolute Gasteiger partial charge is 0.160 e. The number of para-hydroxylation sites is 2. The Kier molecular flexibility index (Phi) is 7.95. The van der Waals surface area contributed by atoms with Crippen molar-refractivity contribution in [3.63, 3.8) is 0 Å². The van der Waals surface area contributed by atoms with E-state index in [9.17, 15) is 0 Å². The summed E-state index contributed by atoms with van der Waals surface area (Å²) >= 11 is 0. The normalized spacial score (nSPS) is 15.9.